The molecule has 0 aromatic heterocycles. The quantitative estimate of drug-likeness (QED) is 0.288. The van der Waals surface area contributed by atoms with Crippen LogP contribution < -0.4 is 4.74 Å². The molecule has 2 saturated heterocycles. The predicted molar refractivity (Wildman–Crippen MR) is 173 cm³/mol. The molecule has 0 spiro atoms. The lowest BCUT2D eigenvalue weighted by Crippen LogP contribution is -2.64. The zero-order valence-corrected chi connectivity index (χ0v) is 28.4. The topological polar surface area (TPSA) is 153 Å². The molecular weight excluding hydrogens is 650 g/mol. The van der Waals surface area contributed by atoms with Crippen molar-refractivity contribution in [3.63, 3.8) is 0 Å². The van der Waals surface area contributed by atoms with Crippen molar-refractivity contribution in [1.82, 2.24) is 4.90 Å². The third-order valence-electron chi connectivity index (χ3n) is 10.0. The molecule has 0 N–H and O–H groups in total. The summed E-state index contributed by atoms with van der Waals surface area (Å²) in [5.41, 5.74) is 1.28. The summed E-state index contributed by atoms with van der Waals surface area (Å²) in [4.78, 5) is 65.0. The monoisotopic (exact) mass is 696 g/mol. The Kier molecular flexibility index (Phi) is 9.20. The number of amides is 1. The van der Waals surface area contributed by atoms with Crippen LogP contribution >= 0.6 is 0 Å². The van der Waals surface area contributed by atoms with Crippen LogP contribution in [0.25, 0.3) is 0 Å². The molecule has 0 unspecified atom stereocenters. The Morgan fingerprint density at radius 3 is 2.32 bits per heavy atom. The van der Waals surface area contributed by atoms with Gasteiger partial charge in [-0.1, -0.05) is 49.2 Å². The molecule has 2 aliphatic heterocycles. The summed E-state index contributed by atoms with van der Waals surface area (Å²) in [6.07, 6.45) is -4.93. The Balaban J connectivity index is 1.39. The molecule has 6 rings (SSSR count). The second kappa shape index (κ2) is 14.7. The molecule has 268 valence electrons. The first kappa shape index (κ1) is 31.3. The number of piperidine rings is 1. The van der Waals surface area contributed by atoms with Gasteiger partial charge in [0, 0.05) is 38.8 Å². The number of carbonyl (C=O) groups is 5. The summed E-state index contributed by atoms with van der Waals surface area (Å²) in [5.74, 6) is -4.06. The van der Waals surface area contributed by atoms with Crippen LogP contribution in [-0.2, 0) is 66.0 Å². The number of ether oxygens (including phenoxy) is 7. The van der Waals surface area contributed by atoms with Gasteiger partial charge in [0.25, 0.3) is 0 Å². The number of esters is 4. The Labute approximate surface area is 294 Å². The van der Waals surface area contributed by atoms with Crippen molar-refractivity contribution in [1.29, 1.82) is 0 Å². The summed E-state index contributed by atoms with van der Waals surface area (Å²) < 4.78 is 66.8. The lowest BCUT2D eigenvalue weighted by molar-refractivity contribution is -0.282. The van der Waals surface area contributed by atoms with Crippen LogP contribution in [0.2, 0.25) is 0 Å². The average molecular weight is 697 g/mol. The fourth-order valence-electron chi connectivity index (χ4n) is 8.11. The molecule has 13 nitrogen and oxygen atoms in total. The van der Waals surface area contributed by atoms with Crippen LogP contribution in [0.4, 0.5) is 4.79 Å². The minimum absolute atomic E-state index is 0.0593. The van der Waals surface area contributed by atoms with Gasteiger partial charge >= 0.3 is 30.0 Å². The van der Waals surface area contributed by atoms with Gasteiger partial charge in [-0.05, 0) is 60.4 Å². The molecule has 2 heterocycles. The van der Waals surface area contributed by atoms with Gasteiger partial charge in [-0.2, -0.15) is 0 Å². The Morgan fingerprint density at radius 1 is 0.920 bits per heavy atom. The van der Waals surface area contributed by atoms with Crippen molar-refractivity contribution >= 4 is 30.0 Å². The smallest absolute Gasteiger partial charge is 0.410 e. The van der Waals surface area contributed by atoms with E-state index in [2.05, 4.69) is 0 Å². The highest BCUT2D eigenvalue weighted by Crippen LogP contribution is 2.56. The molecule has 2 aromatic carbocycles. The lowest BCUT2D eigenvalue weighted by Gasteiger charge is -2.58. The molecule has 4 aliphatic rings. The van der Waals surface area contributed by atoms with Gasteiger partial charge in [0.15, 0.2) is 18.3 Å². The van der Waals surface area contributed by atoms with Crippen molar-refractivity contribution < 1.29 is 61.2 Å². The highest BCUT2D eigenvalue weighted by atomic mass is 16.7. The number of benzene rings is 2. The zero-order valence-electron chi connectivity index (χ0n) is 31.4. The number of likely N-dealkylation sites (tertiary alicyclic amines) is 1. The maximum absolute atomic E-state index is 13.6. The van der Waals surface area contributed by atoms with Gasteiger partial charge in [0.05, 0.1) is 11.2 Å². The number of fused-ring (bicyclic) bond motifs is 1. The third kappa shape index (κ3) is 7.01. The summed E-state index contributed by atoms with van der Waals surface area (Å²) in [7, 11) is 1.06. The average Bonchev–Trinajstić information content (AvgIpc) is 3.12. The van der Waals surface area contributed by atoms with E-state index in [4.69, 9.17) is 34.5 Å². The van der Waals surface area contributed by atoms with Crippen LogP contribution in [0.15, 0.2) is 48.5 Å². The number of methoxy groups -OCH3 is 1. The molecule has 0 radical (unpaired) electrons. The standard InChI is InChI=1S/C37H43NO12/c1-21(39)46-30-31(47-22(2)40)33(48-23(3)41)35(50-32(30)34(42)44-4)49-26-14-13-25-18-29-27-12-8-9-15-37(27,28(25)19-26)16-17-38(29)36(43)45-20-24-10-6-5-7-11-24/h5-7,10-11,13-14,19,27,29-33,35H,8-9,12,15-18,20H2,1-4H3/t27-,29+,30+,31+,32+,33-,35-,37+/m1/s1/i13D,14D,19D. The second-order valence-electron chi connectivity index (χ2n) is 13.1. The van der Waals surface area contributed by atoms with E-state index in [0.29, 0.717) is 30.5 Å². The fraction of sp³-hybridized carbons (Fsp3) is 0.541. The van der Waals surface area contributed by atoms with E-state index in [0.717, 1.165) is 52.7 Å². The number of nitrogens with zero attached hydrogens (tertiary/aromatic N) is 1. The molecule has 3 fully saturated rings. The summed E-state index contributed by atoms with van der Waals surface area (Å²) in [5, 5.41) is 0. The third-order valence-corrected chi connectivity index (χ3v) is 10.0. The minimum Gasteiger partial charge on any atom is -0.467 e. The van der Waals surface area contributed by atoms with E-state index >= 15 is 0 Å². The van der Waals surface area contributed by atoms with Gasteiger partial charge in [-0.3, -0.25) is 14.4 Å². The Hall–Kier alpha value is -4.65. The highest BCUT2D eigenvalue weighted by molar-refractivity contribution is 5.77. The fourth-order valence-corrected chi connectivity index (χ4v) is 8.11. The van der Waals surface area contributed by atoms with Crippen molar-refractivity contribution in [3.8, 4) is 5.75 Å². The first-order chi connectivity index (χ1) is 25.3. The number of rotatable bonds is 8. The number of carbonyl (C=O) groups excluding carboxylic acids is 5. The van der Waals surface area contributed by atoms with Crippen molar-refractivity contribution in [3.05, 3.63) is 65.1 Å². The van der Waals surface area contributed by atoms with E-state index < -0.39 is 72.1 Å². The summed E-state index contributed by atoms with van der Waals surface area (Å²) in [6, 6.07) is 8.21. The largest absolute Gasteiger partial charge is 0.467 e. The maximum Gasteiger partial charge on any atom is 0.410 e. The molecular formula is C37H43NO12. The van der Waals surface area contributed by atoms with E-state index in [1.165, 1.54) is 0 Å². The Morgan fingerprint density at radius 2 is 1.62 bits per heavy atom. The number of hydrogen-bond donors (Lipinski definition) is 0. The van der Waals surface area contributed by atoms with E-state index in [-0.39, 0.29) is 42.8 Å². The molecule has 2 aromatic rings. The molecule has 1 amide bonds. The van der Waals surface area contributed by atoms with Crippen LogP contribution in [0.3, 0.4) is 0 Å². The molecule has 8 atom stereocenters. The minimum atomic E-state index is -1.79. The van der Waals surface area contributed by atoms with Crippen molar-refractivity contribution in [2.75, 3.05) is 13.7 Å². The van der Waals surface area contributed by atoms with Crippen LogP contribution in [0.5, 0.6) is 5.75 Å². The molecule has 1 saturated carbocycles. The molecule has 2 bridgehead atoms. The Bertz CT molecular complexity index is 1770. The second-order valence-corrected chi connectivity index (χ2v) is 13.1. The normalized spacial score (nSPS) is 30.5. The lowest BCUT2D eigenvalue weighted by atomic mass is 9.52. The van der Waals surface area contributed by atoms with Gasteiger partial charge in [0.2, 0.25) is 12.4 Å². The van der Waals surface area contributed by atoms with E-state index in [1.807, 2.05) is 30.3 Å². The van der Waals surface area contributed by atoms with Gasteiger partial charge in [-0.15, -0.1) is 0 Å². The first-order valence-corrected chi connectivity index (χ1v) is 16.8. The van der Waals surface area contributed by atoms with Crippen LogP contribution in [-0.4, -0.2) is 85.3 Å². The van der Waals surface area contributed by atoms with E-state index in [9.17, 15) is 26.7 Å². The van der Waals surface area contributed by atoms with Crippen LogP contribution in [0.1, 0.15) is 73.7 Å². The zero-order chi connectivity index (χ0) is 38.2. The SMILES string of the molecule is [2H]c1c([2H])c(O[C@@H]2O[C@H](C(=O)OC)[C@@H](OC(C)=O)[C@H](OC(C)=O)[C@H]2OC(C)=O)c([2H])c2c1C[C@H]1[C@H]3CCCC[C@@]23CCN1C(=O)OCc1ccccc1. The predicted octanol–water partition coefficient (Wildman–Crippen LogP) is 4.15. The van der Waals surface area contributed by atoms with E-state index in [1.54, 1.807) is 4.90 Å². The summed E-state index contributed by atoms with van der Waals surface area (Å²) >= 11 is 0. The van der Waals surface area contributed by atoms with Crippen LogP contribution in [0, 0.1) is 5.92 Å². The summed E-state index contributed by atoms with van der Waals surface area (Å²) in [6.45, 7) is 3.68. The van der Waals surface area contributed by atoms with Gasteiger partial charge in [0.1, 0.15) is 12.4 Å². The molecule has 50 heavy (non-hydrogen) atoms. The highest BCUT2D eigenvalue weighted by Gasteiger charge is 2.57. The first-order valence-electron chi connectivity index (χ1n) is 18.3. The van der Waals surface area contributed by atoms with Gasteiger partial charge in [-0.25, -0.2) is 9.59 Å². The van der Waals surface area contributed by atoms with Crippen molar-refractivity contribution in [2.45, 2.75) is 108 Å². The number of hydrogen-bond acceptors (Lipinski definition) is 12. The van der Waals surface area contributed by atoms with Gasteiger partial charge < -0.3 is 38.1 Å². The molecule has 2 aliphatic carbocycles. The molecule has 13 heteroatoms. The maximum atomic E-state index is 13.6. The van der Waals surface area contributed by atoms with Crippen molar-refractivity contribution in [2.24, 2.45) is 5.92 Å².